The smallest absolute Gasteiger partial charge is 0.162 e. The van der Waals surface area contributed by atoms with E-state index in [0.29, 0.717) is 24.0 Å². The lowest BCUT2D eigenvalue weighted by Gasteiger charge is -2.26. The first-order chi connectivity index (χ1) is 9.98. The molecule has 2 saturated heterocycles. The van der Waals surface area contributed by atoms with Crippen LogP contribution in [0.25, 0.3) is 0 Å². The minimum atomic E-state index is -0.474. The van der Waals surface area contributed by atoms with E-state index >= 15 is 0 Å². The molecule has 2 aliphatic heterocycles. The average molecular weight is 300 g/mol. The first kappa shape index (κ1) is 17.2. The fourth-order valence-corrected chi connectivity index (χ4v) is 2.63. The fourth-order valence-electron chi connectivity index (χ4n) is 2.63. The van der Waals surface area contributed by atoms with E-state index in [-0.39, 0.29) is 0 Å². The Bertz CT molecular complexity index is 269. The van der Waals surface area contributed by atoms with Gasteiger partial charge in [-0.05, 0) is 51.4 Å². The van der Waals surface area contributed by atoms with Gasteiger partial charge in [-0.1, -0.05) is 13.8 Å². The molecule has 0 radical (unpaired) electrons. The van der Waals surface area contributed by atoms with E-state index in [9.17, 15) is 0 Å². The Balaban J connectivity index is 1.45. The van der Waals surface area contributed by atoms with Crippen LogP contribution in [-0.4, -0.2) is 44.4 Å². The molecule has 0 amide bonds. The highest BCUT2D eigenvalue weighted by molar-refractivity contribution is 4.76. The van der Waals surface area contributed by atoms with Crippen molar-refractivity contribution in [1.29, 1.82) is 0 Å². The Morgan fingerprint density at radius 2 is 1.29 bits per heavy atom. The van der Waals surface area contributed by atoms with Crippen molar-refractivity contribution in [2.45, 2.75) is 71.4 Å². The SMILES string of the molecule is CC(CCCOC(C)(C)OCCCC(C)C1CO1)C1CO1. The maximum atomic E-state index is 5.86. The van der Waals surface area contributed by atoms with Gasteiger partial charge in [0.05, 0.1) is 38.6 Å². The molecule has 4 nitrogen and oxygen atoms in total. The summed E-state index contributed by atoms with van der Waals surface area (Å²) in [4.78, 5) is 0. The van der Waals surface area contributed by atoms with E-state index in [1.165, 1.54) is 12.8 Å². The summed E-state index contributed by atoms with van der Waals surface area (Å²) in [6, 6.07) is 0. The van der Waals surface area contributed by atoms with Gasteiger partial charge in [-0.2, -0.15) is 0 Å². The van der Waals surface area contributed by atoms with E-state index in [4.69, 9.17) is 18.9 Å². The molecule has 4 heteroatoms. The van der Waals surface area contributed by atoms with E-state index in [1.807, 2.05) is 13.8 Å². The molecular formula is C17H32O4. The van der Waals surface area contributed by atoms with Crippen molar-refractivity contribution in [2.75, 3.05) is 26.4 Å². The molecule has 0 saturated carbocycles. The summed E-state index contributed by atoms with van der Waals surface area (Å²) in [7, 11) is 0. The molecule has 2 heterocycles. The third-order valence-corrected chi connectivity index (χ3v) is 4.49. The van der Waals surface area contributed by atoms with Gasteiger partial charge < -0.3 is 18.9 Å². The van der Waals surface area contributed by atoms with Crippen LogP contribution in [0.5, 0.6) is 0 Å². The molecule has 0 spiro atoms. The lowest BCUT2D eigenvalue weighted by atomic mass is 10.0. The van der Waals surface area contributed by atoms with E-state index in [0.717, 1.165) is 39.3 Å². The van der Waals surface area contributed by atoms with Crippen molar-refractivity contribution in [3.8, 4) is 0 Å². The number of ether oxygens (including phenoxy) is 4. The van der Waals surface area contributed by atoms with Crippen LogP contribution in [0.4, 0.5) is 0 Å². The van der Waals surface area contributed by atoms with Crippen LogP contribution in [0.15, 0.2) is 0 Å². The van der Waals surface area contributed by atoms with Gasteiger partial charge in [-0.25, -0.2) is 0 Å². The Morgan fingerprint density at radius 3 is 1.62 bits per heavy atom. The monoisotopic (exact) mass is 300 g/mol. The number of epoxide rings is 2. The number of rotatable bonds is 12. The average Bonchev–Trinajstić information content (AvgIpc) is 3.30. The lowest BCUT2D eigenvalue weighted by molar-refractivity contribution is -0.214. The number of hydrogen-bond donors (Lipinski definition) is 0. The molecule has 2 rings (SSSR count). The van der Waals surface area contributed by atoms with Crippen molar-refractivity contribution in [2.24, 2.45) is 11.8 Å². The summed E-state index contributed by atoms with van der Waals surface area (Å²) >= 11 is 0. The third kappa shape index (κ3) is 7.09. The van der Waals surface area contributed by atoms with Crippen LogP contribution in [0.3, 0.4) is 0 Å². The normalized spacial score (nSPS) is 27.4. The lowest BCUT2D eigenvalue weighted by Crippen LogP contribution is -2.29. The van der Waals surface area contributed by atoms with Gasteiger partial charge in [-0.15, -0.1) is 0 Å². The largest absolute Gasteiger partial charge is 0.373 e. The second kappa shape index (κ2) is 7.91. The van der Waals surface area contributed by atoms with E-state index in [1.54, 1.807) is 0 Å². The van der Waals surface area contributed by atoms with Crippen molar-refractivity contribution in [3.05, 3.63) is 0 Å². The molecule has 21 heavy (non-hydrogen) atoms. The highest BCUT2D eigenvalue weighted by Gasteiger charge is 2.30. The summed E-state index contributed by atoms with van der Waals surface area (Å²) in [6.07, 6.45) is 5.49. The molecule has 0 aromatic heterocycles. The van der Waals surface area contributed by atoms with Crippen molar-refractivity contribution >= 4 is 0 Å². The van der Waals surface area contributed by atoms with E-state index < -0.39 is 5.79 Å². The topological polar surface area (TPSA) is 43.5 Å². The highest BCUT2D eigenvalue weighted by atomic mass is 16.7. The number of hydrogen-bond acceptors (Lipinski definition) is 4. The summed E-state index contributed by atoms with van der Waals surface area (Å²) in [6.45, 7) is 11.9. The maximum absolute atomic E-state index is 5.86. The standard InChI is InChI=1S/C17H32O4/c1-13(15-11-18-15)7-5-9-20-17(3,4)21-10-6-8-14(2)16-12-19-16/h13-16H,5-12H2,1-4H3. The molecule has 2 fully saturated rings. The Hall–Kier alpha value is -0.160. The van der Waals surface area contributed by atoms with Crippen molar-refractivity contribution in [1.82, 2.24) is 0 Å². The molecule has 124 valence electrons. The molecule has 0 aromatic carbocycles. The van der Waals surface area contributed by atoms with Crippen LogP contribution in [0, 0.1) is 11.8 Å². The molecule has 0 bridgehead atoms. The molecule has 4 unspecified atom stereocenters. The molecule has 0 aromatic rings. The van der Waals surface area contributed by atoms with Gasteiger partial charge in [-0.3, -0.25) is 0 Å². The summed E-state index contributed by atoms with van der Waals surface area (Å²) in [5, 5.41) is 0. The summed E-state index contributed by atoms with van der Waals surface area (Å²) in [5.41, 5.74) is 0. The first-order valence-electron chi connectivity index (χ1n) is 8.49. The van der Waals surface area contributed by atoms with Gasteiger partial charge >= 0.3 is 0 Å². The Kier molecular flexibility index (Phi) is 6.48. The minimum absolute atomic E-state index is 0.474. The third-order valence-electron chi connectivity index (χ3n) is 4.49. The molecule has 2 aliphatic rings. The van der Waals surface area contributed by atoms with Gasteiger partial charge in [0.15, 0.2) is 5.79 Å². The molecular weight excluding hydrogens is 268 g/mol. The van der Waals surface area contributed by atoms with Crippen LogP contribution < -0.4 is 0 Å². The zero-order chi connectivity index (χ0) is 15.3. The summed E-state index contributed by atoms with van der Waals surface area (Å²) < 4.78 is 22.3. The Morgan fingerprint density at radius 1 is 0.905 bits per heavy atom. The van der Waals surface area contributed by atoms with Gasteiger partial charge in [0.2, 0.25) is 0 Å². The second-order valence-electron chi connectivity index (χ2n) is 7.08. The first-order valence-corrected chi connectivity index (χ1v) is 8.49. The van der Waals surface area contributed by atoms with Gasteiger partial charge in [0.25, 0.3) is 0 Å². The molecule has 0 N–H and O–H groups in total. The van der Waals surface area contributed by atoms with Crippen LogP contribution in [0.2, 0.25) is 0 Å². The minimum Gasteiger partial charge on any atom is -0.373 e. The fraction of sp³-hybridized carbons (Fsp3) is 1.00. The predicted octanol–water partition coefficient (Wildman–Crippen LogP) is 3.39. The quantitative estimate of drug-likeness (QED) is 0.315. The van der Waals surface area contributed by atoms with Crippen LogP contribution in [-0.2, 0) is 18.9 Å². The molecule has 4 atom stereocenters. The van der Waals surface area contributed by atoms with Gasteiger partial charge in [0.1, 0.15) is 0 Å². The zero-order valence-electron chi connectivity index (χ0n) is 14.1. The highest BCUT2D eigenvalue weighted by Crippen LogP contribution is 2.25. The van der Waals surface area contributed by atoms with E-state index in [2.05, 4.69) is 13.8 Å². The van der Waals surface area contributed by atoms with Gasteiger partial charge in [0, 0.05) is 0 Å². The zero-order valence-corrected chi connectivity index (χ0v) is 14.1. The molecule has 0 aliphatic carbocycles. The second-order valence-corrected chi connectivity index (χ2v) is 7.08. The maximum Gasteiger partial charge on any atom is 0.162 e. The van der Waals surface area contributed by atoms with Crippen LogP contribution >= 0.6 is 0 Å². The summed E-state index contributed by atoms with van der Waals surface area (Å²) in [5.74, 6) is 0.839. The van der Waals surface area contributed by atoms with Crippen molar-refractivity contribution in [3.63, 3.8) is 0 Å². The Labute approximate surface area is 129 Å². The van der Waals surface area contributed by atoms with Crippen molar-refractivity contribution < 1.29 is 18.9 Å². The van der Waals surface area contributed by atoms with Crippen LogP contribution in [0.1, 0.15) is 53.4 Å². The predicted molar refractivity (Wildman–Crippen MR) is 82.3 cm³/mol.